The van der Waals surface area contributed by atoms with Crippen LogP contribution in [0, 0.1) is 6.92 Å². The van der Waals surface area contributed by atoms with Crippen molar-refractivity contribution < 1.29 is 9.21 Å². The van der Waals surface area contributed by atoms with Gasteiger partial charge in [0.1, 0.15) is 5.76 Å². The first kappa shape index (κ1) is 12.9. The SMILES string of the molecule is Cc1occc1CN(C)C(=O)c1ccc(Br)cc1. The quantitative estimate of drug-likeness (QED) is 0.867. The highest BCUT2D eigenvalue weighted by Gasteiger charge is 2.13. The Balaban J connectivity index is 2.09. The molecule has 0 saturated carbocycles. The molecule has 0 atom stereocenters. The third kappa shape index (κ3) is 2.82. The van der Waals surface area contributed by atoms with Crippen LogP contribution in [-0.4, -0.2) is 17.9 Å². The summed E-state index contributed by atoms with van der Waals surface area (Å²) in [7, 11) is 1.79. The summed E-state index contributed by atoms with van der Waals surface area (Å²) in [5, 5.41) is 0. The molecule has 0 spiro atoms. The summed E-state index contributed by atoms with van der Waals surface area (Å²) in [6, 6.07) is 9.24. The lowest BCUT2D eigenvalue weighted by atomic mass is 10.2. The van der Waals surface area contributed by atoms with Gasteiger partial charge in [-0.3, -0.25) is 4.79 Å². The molecule has 18 heavy (non-hydrogen) atoms. The molecule has 0 radical (unpaired) electrons. The minimum absolute atomic E-state index is 0.00287. The molecule has 0 aliphatic carbocycles. The molecule has 0 unspecified atom stereocenters. The minimum atomic E-state index is 0.00287. The van der Waals surface area contributed by atoms with Gasteiger partial charge in [-0.2, -0.15) is 0 Å². The molecule has 1 aromatic heterocycles. The normalized spacial score (nSPS) is 10.4. The standard InChI is InChI=1S/C14H14BrNO2/c1-10-12(7-8-18-10)9-16(2)14(17)11-3-5-13(15)6-4-11/h3-8H,9H2,1-2H3. The Labute approximate surface area is 115 Å². The van der Waals surface area contributed by atoms with Crippen LogP contribution in [0.2, 0.25) is 0 Å². The van der Waals surface area contributed by atoms with Gasteiger partial charge in [-0.25, -0.2) is 0 Å². The number of hydrogen-bond acceptors (Lipinski definition) is 2. The first-order valence-electron chi connectivity index (χ1n) is 5.62. The first-order valence-corrected chi connectivity index (χ1v) is 6.41. The first-order chi connectivity index (χ1) is 8.58. The Morgan fingerprint density at radius 1 is 1.28 bits per heavy atom. The van der Waals surface area contributed by atoms with Crippen LogP contribution in [-0.2, 0) is 6.54 Å². The molecule has 2 aromatic rings. The van der Waals surface area contributed by atoms with Gasteiger partial charge in [0.05, 0.1) is 6.26 Å². The molecule has 0 saturated heterocycles. The van der Waals surface area contributed by atoms with E-state index in [0.29, 0.717) is 12.1 Å². The molecule has 0 N–H and O–H groups in total. The summed E-state index contributed by atoms with van der Waals surface area (Å²) in [5.41, 5.74) is 1.71. The Bertz CT molecular complexity index is 545. The summed E-state index contributed by atoms with van der Waals surface area (Å²) in [6.45, 7) is 2.45. The summed E-state index contributed by atoms with van der Waals surface area (Å²) in [6.07, 6.45) is 1.64. The highest BCUT2D eigenvalue weighted by molar-refractivity contribution is 9.10. The van der Waals surface area contributed by atoms with E-state index in [-0.39, 0.29) is 5.91 Å². The second-order valence-corrected chi connectivity index (χ2v) is 5.09. The minimum Gasteiger partial charge on any atom is -0.469 e. The van der Waals surface area contributed by atoms with Crippen molar-refractivity contribution in [3.05, 3.63) is 58.0 Å². The van der Waals surface area contributed by atoms with E-state index in [0.717, 1.165) is 15.8 Å². The smallest absolute Gasteiger partial charge is 0.253 e. The Hall–Kier alpha value is -1.55. The predicted octanol–water partition coefficient (Wildman–Crippen LogP) is 3.62. The van der Waals surface area contributed by atoms with Crippen molar-refractivity contribution >= 4 is 21.8 Å². The number of hydrogen-bond donors (Lipinski definition) is 0. The fourth-order valence-electron chi connectivity index (χ4n) is 1.72. The van der Waals surface area contributed by atoms with Crippen LogP contribution < -0.4 is 0 Å². The average molecular weight is 308 g/mol. The Kier molecular flexibility index (Phi) is 3.87. The largest absolute Gasteiger partial charge is 0.469 e. The topological polar surface area (TPSA) is 33.5 Å². The van der Waals surface area contributed by atoms with Crippen molar-refractivity contribution in [2.75, 3.05) is 7.05 Å². The predicted molar refractivity (Wildman–Crippen MR) is 73.4 cm³/mol. The number of carbonyl (C=O) groups is 1. The third-order valence-electron chi connectivity index (χ3n) is 2.81. The van der Waals surface area contributed by atoms with E-state index in [1.54, 1.807) is 18.2 Å². The lowest BCUT2D eigenvalue weighted by Gasteiger charge is -2.16. The van der Waals surface area contributed by atoms with Crippen LogP contribution in [0.3, 0.4) is 0 Å². The number of amides is 1. The molecule has 3 nitrogen and oxygen atoms in total. The average Bonchev–Trinajstić information content (AvgIpc) is 2.75. The van der Waals surface area contributed by atoms with Crippen molar-refractivity contribution in [2.24, 2.45) is 0 Å². The van der Waals surface area contributed by atoms with Crippen LogP contribution >= 0.6 is 15.9 Å². The zero-order valence-corrected chi connectivity index (χ0v) is 11.9. The van der Waals surface area contributed by atoms with Crippen molar-refractivity contribution in [2.45, 2.75) is 13.5 Å². The van der Waals surface area contributed by atoms with E-state index >= 15 is 0 Å². The van der Waals surface area contributed by atoms with Crippen LogP contribution in [0.1, 0.15) is 21.7 Å². The highest BCUT2D eigenvalue weighted by Crippen LogP contribution is 2.15. The van der Waals surface area contributed by atoms with Gasteiger partial charge in [0.2, 0.25) is 0 Å². The van der Waals surface area contributed by atoms with Crippen molar-refractivity contribution in [1.29, 1.82) is 0 Å². The van der Waals surface area contributed by atoms with E-state index in [4.69, 9.17) is 4.42 Å². The number of benzene rings is 1. The number of halogens is 1. The van der Waals surface area contributed by atoms with Crippen molar-refractivity contribution in [3.63, 3.8) is 0 Å². The molecule has 0 fully saturated rings. The number of nitrogens with zero attached hydrogens (tertiary/aromatic N) is 1. The zero-order chi connectivity index (χ0) is 13.1. The molecule has 0 aliphatic heterocycles. The molecule has 0 bridgehead atoms. The maximum Gasteiger partial charge on any atom is 0.253 e. The lowest BCUT2D eigenvalue weighted by Crippen LogP contribution is -2.26. The molecular weight excluding hydrogens is 294 g/mol. The van der Waals surface area contributed by atoms with E-state index in [1.807, 2.05) is 37.3 Å². The summed E-state index contributed by atoms with van der Waals surface area (Å²) < 4.78 is 6.19. The fraction of sp³-hybridized carbons (Fsp3) is 0.214. The fourth-order valence-corrected chi connectivity index (χ4v) is 1.98. The van der Waals surface area contributed by atoms with Gasteiger partial charge >= 0.3 is 0 Å². The van der Waals surface area contributed by atoms with E-state index in [2.05, 4.69) is 15.9 Å². The number of rotatable bonds is 3. The summed E-state index contributed by atoms with van der Waals surface area (Å²) in [5.74, 6) is 0.855. The molecule has 0 aliphatic rings. The second kappa shape index (κ2) is 5.40. The van der Waals surface area contributed by atoms with Crippen LogP contribution in [0.5, 0.6) is 0 Å². The number of furan rings is 1. The van der Waals surface area contributed by atoms with Gasteiger partial charge in [-0.15, -0.1) is 0 Å². The van der Waals surface area contributed by atoms with Crippen LogP contribution in [0.25, 0.3) is 0 Å². The van der Waals surface area contributed by atoms with E-state index in [9.17, 15) is 4.79 Å². The second-order valence-electron chi connectivity index (χ2n) is 4.17. The van der Waals surface area contributed by atoms with Gasteiger partial charge in [-0.1, -0.05) is 15.9 Å². The van der Waals surface area contributed by atoms with Crippen molar-refractivity contribution in [1.82, 2.24) is 4.90 Å². The zero-order valence-electron chi connectivity index (χ0n) is 10.3. The van der Waals surface area contributed by atoms with E-state index in [1.165, 1.54) is 0 Å². The van der Waals surface area contributed by atoms with Gasteiger partial charge in [0.25, 0.3) is 5.91 Å². The molecule has 2 rings (SSSR count). The Morgan fingerprint density at radius 3 is 2.50 bits per heavy atom. The molecule has 4 heteroatoms. The van der Waals surface area contributed by atoms with Crippen LogP contribution in [0.15, 0.2) is 45.5 Å². The van der Waals surface area contributed by atoms with Crippen LogP contribution in [0.4, 0.5) is 0 Å². The monoisotopic (exact) mass is 307 g/mol. The molecule has 1 aromatic carbocycles. The van der Waals surface area contributed by atoms with Gasteiger partial charge < -0.3 is 9.32 Å². The molecule has 1 heterocycles. The van der Waals surface area contributed by atoms with Crippen molar-refractivity contribution in [3.8, 4) is 0 Å². The number of aryl methyl sites for hydroxylation is 1. The maximum atomic E-state index is 12.2. The Morgan fingerprint density at radius 2 is 1.94 bits per heavy atom. The van der Waals surface area contributed by atoms with Gasteiger partial charge in [0.15, 0.2) is 0 Å². The lowest BCUT2D eigenvalue weighted by molar-refractivity contribution is 0.0784. The van der Waals surface area contributed by atoms with E-state index < -0.39 is 0 Å². The van der Waals surface area contributed by atoms with Gasteiger partial charge in [-0.05, 0) is 37.3 Å². The molecular formula is C14H14BrNO2. The molecule has 1 amide bonds. The molecule has 94 valence electrons. The summed E-state index contributed by atoms with van der Waals surface area (Å²) >= 11 is 3.35. The third-order valence-corrected chi connectivity index (χ3v) is 3.34. The van der Waals surface area contributed by atoms with Gasteiger partial charge in [0, 0.05) is 29.2 Å². The highest BCUT2D eigenvalue weighted by atomic mass is 79.9. The summed E-state index contributed by atoms with van der Waals surface area (Å²) in [4.78, 5) is 13.9. The maximum absolute atomic E-state index is 12.2. The number of carbonyl (C=O) groups excluding carboxylic acids is 1.